The van der Waals surface area contributed by atoms with E-state index in [1.807, 2.05) is 0 Å². The average Bonchev–Trinajstić information content (AvgIpc) is 2.41. The number of aromatic nitrogens is 2. The van der Waals surface area contributed by atoms with Gasteiger partial charge in [0, 0.05) is 9.86 Å². The van der Waals surface area contributed by atoms with E-state index in [1.165, 1.54) is 7.11 Å². The van der Waals surface area contributed by atoms with Crippen molar-refractivity contribution in [3.63, 3.8) is 0 Å². The van der Waals surface area contributed by atoms with Gasteiger partial charge in [-0.05, 0) is 19.1 Å². The van der Waals surface area contributed by atoms with Crippen molar-refractivity contribution in [1.29, 1.82) is 0 Å². The summed E-state index contributed by atoms with van der Waals surface area (Å²) in [5, 5.41) is 14.8. The van der Waals surface area contributed by atoms with Crippen molar-refractivity contribution >= 4 is 32.7 Å². The van der Waals surface area contributed by atoms with Crippen LogP contribution in [0.1, 0.15) is 18.7 Å². The number of methoxy groups -OCH3 is 1. The van der Waals surface area contributed by atoms with Crippen molar-refractivity contribution in [2.45, 2.75) is 19.6 Å². The van der Waals surface area contributed by atoms with Gasteiger partial charge in [-0.25, -0.2) is 4.68 Å². The number of esters is 1. The van der Waals surface area contributed by atoms with E-state index in [-0.39, 0.29) is 6.54 Å². The molecule has 2 aromatic rings. The summed E-state index contributed by atoms with van der Waals surface area (Å²) in [7, 11) is 1.24. The van der Waals surface area contributed by atoms with Crippen molar-refractivity contribution in [2.75, 3.05) is 7.11 Å². The highest BCUT2D eigenvalue weighted by Gasteiger charge is 2.16. The monoisotopic (exact) mass is 340 g/mol. The third-order valence-corrected chi connectivity index (χ3v) is 3.35. The first kappa shape index (κ1) is 14.7. The first-order chi connectivity index (χ1) is 9.43. The summed E-state index contributed by atoms with van der Waals surface area (Å²) >= 11 is 3.29. The molecule has 7 heteroatoms. The van der Waals surface area contributed by atoms with E-state index < -0.39 is 17.6 Å². The number of nitrogens with zero attached hydrogens (tertiary/aromatic N) is 2. The van der Waals surface area contributed by atoms with E-state index >= 15 is 0 Å². The molecule has 0 aliphatic carbocycles. The lowest BCUT2D eigenvalue weighted by molar-refractivity contribution is -0.141. The zero-order valence-corrected chi connectivity index (χ0v) is 12.5. The maximum atomic E-state index is 12.3. The minimum absolute atomic E-state index is 0.294. The molecule has 106 valence electrons. The normalized spacial score (nSPS) is 12.4. The molecular formula is C13H13BrN2O4. The van der Waals surface area contributed by atoms with Crippen molar-refractivity contribution in [1.82, 2.24) is 9.78 Å². The van der Waals surface area contributed by atoms with E-state index in [0.29, 0.717) is 16.5 Å². The molecular weight excluding hydrogens is 328 g/mol. The molecule has 0 amide bonds. The molecule has 0 aliphatic rings. The highest BCUT2D eigenvalue weighted by Crippen LogP contribution is 2.22. The van der Waals surface area contributed by atoms with E-state index in [0.717, 1.165) is 9.15 Å². The van der Waals surface area contributed by atoms with Gasteiger partial charge in [-0.1, -0.05) is 22.0 Å². The number of hydrogen-bond donors (Lipinski definition) is 1. The number of benzene rings is 1. The molecule has 1 aromatic carbocycles. The largest absolute Gasteiger partial charge is 0.468 e. The Kier molecular flexibility index (Phi) is 4.20. The minimum atomic E-state index is -0.858. The molecule has 0 spiro atoms. The van der Waals surface area contributed by atoms with Gasteiger partial charge in [0.1, 0.15) is 6.54 Å². The van der Waals surface area contributed by atoms with Crippen LogP contribution in [0.2, 0.25) is 0 Å². The van der Waals surface area contributed by atoms with Crippen LogP contribution in [0.15, 0.2) is 27.5 Å². The maximum Gasteiger partial charge on any atom is 0.327 e. The van der Waals surface area contributed by atoms with Crippen LogP contribution in [0.5, 0.6) is 0 Å². The highest BCUT2D eigenvalue weighted by molar-refractivity contribution is 9.10. The van der Waals surface area contributed by atoms with Gasteiger partial charge in [-0.3, -0.25) is 9.59 Å². The van der Waals surface area contributed by atoms with E-state index in [1.54, 1.807) is 25.1 Å². The molecule has 1 atom stereocenters. The van der Waals surface area contributed by atoms with Crippen molar-refractivity contribution in [3.05, 3.63) is 38.7 Å². The Labute approximate surface area is 123 Å². The molecule has 6 nitrogen and oxygen atoms in total. The Morgan fingerprint density at radius 2 is 2.20 bits per heavy atom. The SMILES string of the molecule is COC(=O)Cn1nc(C(C)O)c2ccc(Br)cc2c1=O. The number of carbonyl (C=O) groups is 1. The van der Waals surface area contributed by atoms with Crippen molar-refractivity contribution in [2.24, 2.45) is 0 Å². The van der Waals surface area contributed by atoms with Crippen molar-refractivity contribution in [3.8, 4) is 0 Å². The molecule has 2 rings (SSSR count). The van der Waals surface area contributed by atoms with Gasteiger partial charge in [0.15, 0.2) is 0 Å². The minimum Gasteiger partial charge on any atom is -0.468 e. The summed E-state index contributed by atoms with van der Waals surface area (Å²) in [6.45, 7) is 1.26. The summed E-state index contributed by atoms with van der Waals surface area (Å²) in [5.41, 5.74) is -0.0629. The number of ether oxygens (including phenoxy) is 1. The number of rotatable bonds is 3. The number of carbonyl (C=O) groups excluding carboxylic acids is 1. The third-order valence-electron chi connectivity index (χ3n) is 2.85. The van der Waals surface area contributed by atoms with Crippen LogP contribution in [0.3, 0.4) is 0 Å². The van der Waals surface area contributed by atoms with E-state index in [9.17, 15) is 14.7 Å². The Hall–Kier alpha value is -1.73. The van der Waals surface area contributed by atoms with Crippen LogP contribution in [0.4, 0.5) is 0 Å². The first-order valence-corrected chi connectivity index (χ1v) is 6.68. The average molecular weight is 341 g/mol. The van der Waals surface area contributed by atoms with Crippen LogP contribution in [-0.4, -0.2) is 28.0 Å². The standard InChI is InChI=1S/C13H13BrN2O4/c1-7(17)12-9-4-3-8(14)5-10(9)13(19)16(15-12)6-11(18)20-2/h3-5,7,17H,6H2,1-2H3. The fourth-order valence-electron chi connectivity index (χ4n) is 1.89. The molecule has 1 aromatic heterocycles. The second kappa shape index (κ2) is 5.72. The Bertz CT molecular complexity index is 724. The smallest absolute Gasteiger partial charge is 0.327 e. The molecule has 0 aliphatic heterocycles. The maximum absolute atomic E-state index is 12.3. The second-order valence-electron chi connectivity index (χ2n) is 4.29. The molecule has 0 bridgehead atoms. The van der Waals surface area contributed by atoms with Gasteiger partial charge in [0.05, 0.1) is 24.3 Å². The molecule has 0 radical (unpaired) electrons. The van der Waals surface area contributed by atoms with E-state index in [4.69, 9.17) is 0 Å². The summed E-state index contributed by atoms with van der Waals surface area (Å²) in [4.78, 5) is 23.6. The fourth-order valence-corrected chi connectivity index (χ4v) is 2.25. The number of fused-ring (bicyclic) bond motifs is 1. The number of aliphatic hydroxyl groups is 1. The van der Waals surface area contributed by atoms with Crippen LogP contribution >= 0.6 is 15.9 Å². The molecule has 1 N–H and O–H groups in total. The Balaban J connectivity index is 2.74. The highest BCUT2D eigenvalue weighted by atomic mass is 79.9. The lowest BCUT2D eigenvalue weighted by Crippen LogP contribution is -2.29. The first-order valence-electron chi connectivity index (χ1n) is 5.89. The quantitative estimate of drug-likeness (QED) is 0.853. The zero-order chi connectivity index (χ0) is 14.9. The van der Waals surface area contributed by atoms with Gasteiger partial charge in [0.2, 0.25) is 0 Å². The predicted octanol–water partition coefficient (Wildman–Crippen LogP) is 1.39. The summed E-state index contributed by atoms with van der Waals surface area (Å²) < 4.78 is 6.27. The number of hydrogen-bond acceptors (Lipinski definition) is 5. The molecule has 0 saturated heterocycles. The fraction of sp³-hybridized carbons (Fsp3) is 0.308. The molecule has 0 saturated carbocycles. The van der Waals surface area contributed by atoms with Gasteiger partial charge in [-0.2, -0.15) is 5.10 Å². The summed E-state index contributed by atoms with van der Waals surface area (Å²) in [6, 6.07) is 5.11. The van der Waals surface area contributed by atoms with Crippen LogP contribution in [-0.2, 0) is 16.1 Å². The van der Waals surface area contributed by atoms with Crippen LogP contribution < -0.4 is 5.56 Å². The lowest BCUT2D eigenvalue weighted by atomic mass is 10.1. The summed E-state index contributed by atoms with van der Waals surface area (Å²) in [5.74, 6) is -0.578. The number of aliphatic hydroxyl groups excluding tert-OH is 1. The second-order valence-corrected chi connectivity index (χ2v) is 5.21. The lowest BCUT2D eigenvalue weighted by Gasteiger charge is -2.12. The molecule has 0 fully saturated rings. The summed E-state index contributed by atoms with van der Waals surface area (Å²) in [6.07, 6.45) is -0.858. The predicted molar refractivity (Wildman–Crippen MR) is 76.4 cm³/mol. The third kappa shape index (κ3) is 2.73. The molecule has 1 unspecified atom stereocenters. The zero-order valence-electron chi connectivity index (χ0n) is 11.0. The molecule has 20 heavy (non-hydrogen) atoms. The van der Waals surface area contributed by atoms with Gasteiger partial charge in [0.25, 0.3) is 5.56 Å². The van der Waals surface area contributed by atoms with Gasteiger partial charge in [-0.15, -0.1) is 0 Å². The Morgan fingerprint density at radius 1 is 1.50 bits per heavy atom. The topological polar surface area (TPSA) is 81.4 Å². The van der Waals surface area contributed by atoms with Gasteiger partial charge >= 0.3 is 5.97 Å². The van der Waals surface area contributed by atoms with Crippen LogP contribution in [0.25, 0.3) is 10.8 Å². The van der Waals surface area contributed by atoms with E-state index in [2.05, 4.69) is 25.8 Å². The van der Waals surface area contributed by atoms with Crippen molar-refractivity contribution < 1.29 is 14.6 Å². The molecule has 1 heterocycles. The van der Waals surface area contributed by atoms with Crippen LogP contribution in [0, 0.1) is 0 Å². The van der Waals surface area contributed by atoms with Gasteiger partial charge < -0.3 is 9.84 Å². The Morgan fingerprint density at radius 3 is 2.80 bits per heavy atom. The number of halogens is 1.